The summed E-state index contributed by atoms with van der Waals surface area (Å²) in [5.74, 6) is -0.262. The minimum Gasteiger partial charge on any atom is -0.505 e. The summed E-state index contributed by atoms with van der Waals surface area (Å²) in [5, 5.41) is 20.4. The second-order valence-electron chi connectivity index (χ2n) is 9.66. The Bertz CT molecular complexity index is 1140. The molecule has 0 aliphatic carbocycles. The molecule has 0 saturated heterocycles. The molecule has 0 aliphatic rings. The highest BCUT2D eigenvalue weighted by molar-refractivity contribution is 5.87. The van der Waals surface area contributed by atoms with Gasteiger partial charge in [0.1, 0.15) is 28.6 Å². The summed E-state index contributed by atoms with van der Waals surface area (Å²) in [6.45, 7) is 17.5. The van der Waals surface area contributed by atoms with E-state index in [0.717, 1.165) is 28.6 Å². The van der Waals surface area contributed by atoms with Crippen LogP contribution < -0.4 is 0 Å². The quantitative estimate of drug-likeness (QED) is 0.386. The van der Waals surface area contributed by atoms with Gasteiger partial charge in [-0.2, -0.15) is 0 Å². The molecule has 6 nitrogen and oxygen atoms in total. The molecule has 0 fully saturated rings. The topological polar surface area (TPSA) is 77.2 Å². The van der Waals surface area contributed by atoms with E-state index in [1.807, 2.05) is 57.2 Å². The van der Waals surface area contributed by atoms with Crippen LogP contribution in [-0.4, -0.2) is 32.2 Å². The molecule has 1 aromatic heterocycles. The van der Waals surface area contributed by atoms with E-state index in [1.54, 1.807) is 6.92 Å². The van der Waals surface area contributed by atoms with Gasteiger partial charge in [0.05, 0.1) is 0 Å². The van der Waals surface area contributed by atoms with Crippen LogP contribution in [0.3, 0.4) is 0 Å². The van der Waals surface area contributed by atoms with Crippen LogP contribution in [0.15, 0.2) is 48.6 Å². The van der Waals surface area contributed by atoms with Gasteiger partial charge in [0.15, 0.2) is 0 Å². The number of carbonyl (C=O) groups excluding carboxylic acids is 1. The predicted molar refractivity (Wildman–Crippen MR) is 127 cm³/mol. The Morgan fingerprint density at radius 2 is 1.72 bits per heavy atom. The summed E-state index contributed by atoms with van der Waals surface area (Å²) >= 11 is 0. The molecule has 0 saturated carbocycles. The van der Waals surface area contributed by atoms with E-state index >= 15 is 0 Å². The monoisotopic (exact) mass is 435 g/mol. The Balaban J connectivity index is 2.20. The maximum atomic E-state index is 12.2. The molecule has 3 aromatic rings. The minimum atomic E-state index is -0.543. The van der Waals surface area contributed by atoms with E-state index < -0.39 is 17.5 Å². The van der Waals surface area contributed by atoms with Crippen molar-refractivity contribution in [2.24, 2.45) is 0 Å². The molecule has 3 rings (SSSR count). The molecular weight excluding hydrogens is 402 g/mol. The van der Waals surface area contributed by atoms with E-state index in [0.29, 0.717) is 11.3 Å². The van der Waals surface area contributed by atoms with Gasteiger partial charge in [-0.15, -0.1) is 15.0 Å². The molecule has 1 atom stereocenters. The second kappa shape index (κ2) is 8.41. The number of hydrogen-bond donors (Lipinski definition) is 1. The summed E-state index contributed by atoms with van der Waals surface area (Å²) < 4.78 is 5.67. The minimum absolute atomic E-state index is 0.156. The molecule has 0 bridgehead atoms. The van der Waals surface area contributed by atoms with Crippen LogP contribution in [0, 0.1) is 0 Å². The molecule has 0 aliphatic heterocycles. The summed E-state index contributed by atoms with van der Waals surface area (Å²) in [7, 11) is 0. The summed E-state index contributed by atoms with van der Waals surface area (Å²) in [6, 6.07) is 11.5. The molecule has 0 spiro atoms. The zero-order chi connectivity index (χ0) is 23.8. The number of esters is 1. The summed E-state index contributed by atoms with van der Waals surface area (Å²) in [4.78, 5) is 13.6. The van der Waals surface area contributed by atoms with E-state index in [1.165, 1.54) is 4.80 Å². The lowest BCUT2D eigenvalue weighted by Gasteiger charge is -2.34. The average Bonchev–Trinajstić information content (AvgIpc) is 3.17. The SMILES string of the molecule is C=C(C)C(=O)OC(C)C(C)(C)c1cc(-n2nc3ccccc3n2)c(O)c(C(C)(C)CC)c1. The van der Waals surface area contributed by atoms with Crippen molar-refractivity contribution >= 4 is 17.0 Å². The second-order valence-corrected chi connectivity index (χ2v) is 9.66. The van der Waals surface area contributed by atoms with E-state index in [4.69, 9.17) is 4.74 Å². The highest BCUT2D eigenvalue weighted by Crippen LogP contribution is 2.42. The van der Waals surface area contributed by atoms with E-state index in [2.05, 4.69) is 37.5 Å². The lowest BCUT2D eigenvalue weighted by Crippen LogP contribution is -2.36. The molecule has 2 aromatic carbocycles. The molecule has 32 heavy (non-hydrogen) atoms. The first kappa shape index (κ1) is 23.5. The van der Waals surface area contributed by atoms with Crippen LogP contribution in [0.1, 0.15) is 66.0 Å². The standard InChI is InChI=1S/C26H33N3O3/c1-9-25(5,6)19-14-18(26(7,8)17(4)32-24(31)16(2)3)15-22(23(19)30)29-27-20-12-10-11-13-21(20)28-29/h10-15,17,30H,2,9H2,1,3-8H3. The number of phenolic OH excluding ortho intramolecular Hbond substituents is 1. The fourth-order valence-corrected chi connectivity index (χ4v) is 3.46. The number of aromatic hydroxyl groups is 1. The molecule has 1 heterocycles. The first-order chi connectivity index (χ1) is 14.9. The van der Waals surface area contributed by atoms with Crippen molar-refractivity contribution in [2.45, 2.75) is 71.8 Å². The van der Waals surface area contributed by atoms with Gasteiger partial charge in [-0.3, -0.25) is 0 Å². The van der Waals surface area contributed by atoms with Crippen molar-refractivity contribution < 1.29 is 14.6 Å². The zero-order valence-corrected chi connectivity index (χ0v) is 20.1. The number of phenols is 1. The van der Waals surface area contributed by atoms with Crippen molar-refractivity contribution in [2.75, 3.05) is 0 Å². The van der Waals surface area contributed by atoms with Crippen molar-refractivity contribution in [3.05, 3.63) is 59.7 Å². The van der Waals surface area contributed by atoms with Crippen LogP contribution in [0.25, 0.3) is 16.7 Å². The fourth-order valence-electron chi connectivity index (χ4n) is 3.46. The highest BCUT2D eigenvalue weighted by Gasteiger charge is 2.35. The Morgan fingerprint density at radius 1 is 1.16 bits per heavy atom. The molecule has 170 valence electrons. The summed E-state index contributed by atoms with van der Waals surface area (Å²) in [6.07, 6.45) is 0.407. The van der Waals surface area contributed by atoms with Gasteiger partial charge in [0.2, 0.25) is 0 Å². The van der Waals surface area contributed by atoms with Gasteiger partial charge in [-0.25, -0.2) is 4.79 Å². The third-order valence-electron chi connectivity index (χ3n) is 6.60. The van der Waals surface area contributed by atoms with Crippen LogP contribution >= 0.6 is 0 Å². The Morgan fingerprint density at radius 3 is 2.22 bits per heavy atom. The lowest BCUT2D eigenvalue weighted by atomic mass is 9.75. The molecule has 6 heteroatoms. The Labute approximate surface area is 189 Å². The third-order valence-corrected chi connectivity index (χ3v) is 6.60. The number of hydrogen-bond acceptors (Lipinski definition) is 5. The van der Waals surface area contributed by atoms with E-state index in [-0.39, 0.29) is 11.2 Å². The van der Waals surface area contributed by atoms with Crippen molar-refractivity contribution in [1.82, 2.24) is 15.0 Å². The van der Waals surface area contributed by atoms with Crippen molar-refractivity contribution in [3.63, 3.8) is 0 Å². The Kier molecular flexibility index (Phi) is 6.18. The summed E-state index contributed by atoms with van der Waals surface area (Å²) in [5.41, 5.74) is 3.26. The molecule has 0 radical (unpaired) electrons. The number of carbonyl (C=O) groups is 1. The van der Waals surface area contributed by atoms with Gasteiger partial charge in [-0.1, -0.05) is 59.4 Å². The lowest BCUT2D eigenvalue weighted by molar-refractivity contribution is -0.146. The fraction of sp³-hybridized carbons (Fsp3) is 0.423. The zero-order valence-electron chi connectivity index (χ0n) is 20.1. The van der Waals surface area contributed by atoms with Crippen LogP contribution in [-0.2, 0) is 20.4 Å². The van der Waals surface area contributed by atoms with Crippen LogP contribution in [0.2, 0.25) is 0 Å². The average molecular weight is 436 g/mol. The van der Waals surface area contributed by atoms with Gasteiger partial charge in [0, 0.05) is 16.6 Å². The first-order valence-electron chi connectivity index (χ1n) is 11.0. The molecule has 1 N–H and O–H groups in total. The van der Waals surface area contributed by atoms with Gasteiger partial charge >= 0.3 is 5.97 Å². The highest BCUT2D eigenvalue weighted by atomic mass is 16.5. The smallest absolute Gasteiger partial charge is 0.333 e. The number of rotatable bonds is 7. The van der Waals surface area contributed by atoms with E-state index in [9.17, 15) is 9.90 Å². The van der Waals surface area contributed by atoms with Crippen LogP contribution in [0.5, 0.6) is 5.75 Å². The number of nitrogens with zero attached hydrogens (tertiary/aromatic N) is 3. The van der Waals surface area contributed by atoms with Gasteiger partial charge < -0.3 is 9.84 Å². The third kappa shape index (κ3) is 4.27. The number of aromatic nitrogens is 3. The van der Waals surface area contributed by atoms with Gasteiger partial charge in [-0.05, 0) is 49.4 Å². The Hall–Kier alpha value is -3.15. The number of ether oxygens (including phenoxy) is 1. The van der Waals surface area contributed by atoms with Crippen LogP contribution in [0.4, 0.5) is 0 Å². The van der Waals surface area contributed by atoms with Crippen molar-refractivity contribution in [3.8, 4) is 11.4 Å². The largest absolute Gasteiger partial charge is 0.505 e. The predicted octanol–water partition coefficient (Wildman–Crippen LogP) is 5.60. The number of fused-ring (bicyclic) bond motifs is 1. The molecule has 0 amide bonds. The van der Waals surface area contributed by atoms with Crippen molar-refractivity contribution in [1.29, 1.82) is 0 Å². The van der Waals surface area contributed by atoms with Gasteiger partial charge in [0.25, 0.3) is 0 Å². The first-order valence-corrected chi connectivity index (χ1v) is 11.0. The maximum Gasteiger partial charge on any atom is 0.333 e. The normalized spacial score (nSPS) is 13.2. The molecular formula is C26H33N3O3. The number of benzene rings is 2. The maximum absolute atomic E-state index is 12.2. The molecule has 1 unspecified atom stereocenters.